The molecule has 12 nitrogen and oxygen atoms in total. The van der Waals surface area contributed by atoms with E-state index in [1.54, 1.807) is 24.3 Å². The first-order valence-corrected chi connectivity index (χ1v) is 16.3. The van der Waals surface area contributed by atoms with Crippen molar-refractivity contribution >= 4 is 27.8 Å². The van der Waals surface area contributed by atoms with Crippen LogP contribution in [-0.2, 0) is 30.6 Å². The number of para-hydroxylation sites is 1. The number of alkyl halides is 3. The van der Waals surface area contributed by atoms with Gasteiger partial charge >= 0.3 is 6.18 Å². The molecule has 1 fully saturated rings. The van der Waals surface area contributed by atoms with Crippen molar-refractivity contribution in [2.24, 2.45) is 0 Å². The molecule has 4 aromatic heterocycles. The quantitative estimate of drug-likeness (QED) is 0.206. The minimum absolute atomic E-state index is 0.116. The molecule has 1 aliphatic heterocycles. The van der Waals surface area contributed by atoms with E-state index in [-0.39, 0.29) is 17.6 Å². The van der Waals surface area contributed by atoms with Crippen molar-refractivity contribution in [1.29, 1.82) is 0 Å². The Morgan fingerprint density at radius 2 is 1.84 bits per heavy atom. The summed E-state index contributed by atoms with van der Waals surface area (Å²) in [4.78, 5) is 34.8. The van der Waals surface area contributed by atoms with E-state index in [9.17, 15) is 18.0 Å². The number of nitrogens with one attached hydrogen (secondary N) is 1. The normalized spacial score (nSPS) is 15.9. The summed E-state index contributed by atoms with van der Waals surface area (Å²) in [5, 5.41) is 5.30. The molecule has 1 unspecified atom stereocenters. The number of amides is 1. The van der Waals surface area contributed by atoms with Crippen molar-refractivity contribution < 1.29 is 27.4 Å². The van der Waals surface area contributed by atoms with Gasteiger partial charge in [-0.15, -0.1) is 0 Å². The number of aryl methyl sites for hydroxylation is 1. The minimum Gasteiger partial charge on any atom is -0.497 e. The fourth-order valence-electron chi connectivity index (χ4n) is 6.56. The highest BCUT2D eigenvalue weighted by atomic mass is 19.4. The molecule has 1 N–H and O–H groups in total. The average molecular weight is 688 g/mol. The highest BCUT2D eigenvalue weighted by Gasteiger charge is 2.39. The largest absolute Gasteiger partial charge is 0.497 e. The smallest absolute Gasteiger partial charge is 0.449 e. The van der Waals surface area contributed by atoms with Crippen molar-refractivity contribution in [3.63, 3.8) is 0 Å². The third-order valence-corrected chi connectivity index (χ3v) is 9.08. The lowest BCUT2D eigenvalue weighted by molar-refractivity contribution is -0.148. The molecule has 1 atom stereocenters. The van der Waals surface area contributed by atoms with E-state index in [0.717, 1.165) is 27.6 Å². The van der Waals surface area contributed by atoms with Gasteiger partial charge in [-0.05, 0) is 37.6 Å². The fourth-order valence-corrected chi connectivity index (χ4v) is 6.56. The second-order valence-electron chi connectivity index (χ2n) is 12.2. The summed E-state index contributed by atoms with van der Waals surface area (Å²) in [5.74, 6) is -0.361. The third-order valence-electron chi connectivity index (χ3n) is 9.08. The number of aromatic nitrogens is 7. The number of hydrogen-bond donors (Lipinski definition) is 1. The molecule has 50 heavy (non-hydrogen) atoms. The number of hydrogen-bond acceptors (Lipinski definition) is 8. The SMILES string of the molecule is CCn1cc(CN2CCC(c3ncc(-c4cc5ccccc5nc4OC)[nH]3)N(C(=O)Cn3c(C(F)(F)F)nc4ccc(OC)cc43)CC2)cn1. The van der Waals surface area contributed by atoms with Gasteiger partial charge in [-0.2, -0.15) is 18.3 Å². The monoisotopic (exact) mass is 687 g/mol. The summed E-state index contributed by atoms with van der Waals surface area (Å²) in [6, 6.07) is 13.6. The Morgan fingerprint density at radius 1 is 1.00 bits per heavy atom. The zero-order chi connectivity index (χ0) is 35.0. The first-order chi connectivity index (χ1) is 24.1. The molecule has 0 aliphatic carbocycles. The van der Waals surface area contributed by atoms with Gasteiger partial charge in [0.15, 0.2) is 0 Å². The van der Waals surface area contributed by atoms with Gasteiger partial charge in [-0.1, -0.05) is 18.2 Å². The van der Waals surface area contributed by atoms with Gasteiger partial charge in [0.2, 0.25) is 17.6 Å². The second kappa shape index (κ2) is 13.5. The number of methoxy groups -OCH3 is 2. The zero-order valence-electron chi connectivity index (χ0n) is 27.8. The van der Waals surface area contributed by atoms with Crippen molar-refractivity contribution in [2.45, 2.75) is 45.2 Å². The van der Waals surface area contributed by atoms with E-state index >= 15 is 0 Å². The highest BCUT2D eigenvalue weighted by Crippen LogP contribution is 2.35. The number of aromatic amines is 1. The van der Waals surface area contributed by atoms with Gasteiger partial charge in [0.25, 0.3) is 0 Å². The van der Waals surface area contributed by atoms with Crippen LogP contribution in [0.3, 0.4) is 0 Å². The topological polar surface area (TPSA) is 119 Å². The van der Waals surface area contributed by atoms with E-state index in [1.807, 2.05) is 54.3 Å². The number of halogens is 3. The fraction of sp³-hybridized carbons (Fsp3) is 0.343. The number of fused-ring (bicyclic) bond motifs is 2. The maximum atomic E-state index is 14.3. The van der Waals surface area contributed by atoms with Crippen LogP contribution in [0.5, 0.6) is 11.6 Å². The first-order valence-electron chi connectivity index (χ1n) is 16.3. The van der Waals surface area contributed by atoms with Gasteiger partial charge in [-0.3, -0.25) is 14.4 Å². The van der Waals surface area contributed by atoms with Crippen molar-refractivity contribution in [3.8, 4) is 22.9 Å². The van der Waals surface area contributed by atoms with E-state index in [0.29, 0.717) is 54.8 Å². The van der Waals surface area contributed by atoms with E-state index < -0.39 is 30.5 Å². The summed E-state index contributed by atoms with van der Waals surface area (Å²) >= 11 is 0. The van der Waals surface area contributed by atoms with Crippen molar-refractivity contribution in [1.82, 2.24) is 44.1 Å². The van der Waals surface area contributed by atoms with Crippen LogP contribution in [0.1, 0.15) is 36.6 Å². The molecule has 0 saturated carbocycles. The van der Waals surface area contributed by atoms with Crippen LogP contribution in [0.2, 0.25) is 0 Å². The molecule has 1 amide bonds. The summed E-state index contributed by atoms with van der Waals surface area (Å²) in [6.07, 6.45) is 1.19. The molecule has 0 radical (unpaired) electrons. The number of nitrogens with zero attached hydrogens (tertiary/aromatic N) is 8. The van der Waals surface area contributed by atoms with E-state index in [1.165, 1.54) is 19.2 Å². The third kappa shape index (κ3) is 6.47. The number of benzene rings is 2. The molecule has 6 aromatic rings. The molecule has 260 valence electrons. The van der Waals surface area contributed by atoms with E-state index in [2.05, 4.69) is 25.0 Å². The van der Waals surface area contributed by atoms with Gasteiger partial charge in [-0.25, -0.2) is 15.0 Å². The molecule has 7 rings (SSSR count). The van der Waals surface area contributed by atoms with Crippen molar-refractivity contribution in [2.75, 3.05) is 33.9 Å². The number of H-pyrrole nitrogens is 1. The Morgan fingerprint density at radius 3 is 2.60 bits per heavy atom. The predicted octanol–water partition coefficient (Wildman–Crippen LogP) is 5.70. The van der Waals surface area contributed by atoms with Crippen LogP contribution >= 0.6 is 0 Å². The summed E-state index contributed by atoms with van der Waals surface area (Å²) in [5.41, 5.74) is 3.42. The van der Waals surface area contributed by atoms with Crippen LogP contribution in [0, 0.1) is 0 Å². The lowest BCUT2D eigenvalue weighted by atomic mass is 10.1. The average Bonchev–Trinajstić information content (AvgIpc) is 3.84. The number of rotatable bonds is 9. The van der Waals surface area contributed by atoms with Crippen LogP contribution in [0.25, 0.3) is 33.2 Å². The molecule has 15 heteroatoms. The van der Waals surface area contributed by atoms with Crippen molar-refractivity contribution in [3.05, 3.63) is 84.3 Å². The molecular weight excluding hydrogens is 651 g/mol. The summed E-state index contributed by atoms with van der Waals surface area (Å²) in [7, 11) is 2.98. The molecular formula is C35H36F3N9O3. The van der Waals surface area contributed by atoms with Gasteiger partial charge in [0, 0.05) is 55.9 Å². The Balaban J connectivity index is 1.24. The van der Waals surface area contributed by atoms with Crippen LogP contribution in [-0.4, -0.2) is 83.8 Å². The first kappa shape index (κ1) is 33.1. The van der Waals surface area contributed by atoms with Crippen LogP contribution in [0.4, 0.5) is 13.2 Å². The molecule has 1 aliphatic rings. The summed E-state index contributed by atoms with van der Waals surface area (Å²) < 4.78 is 56.6. The van der Waals surface area contributed by atoms with Crippen LogP contribution < -0.4 is 9.47 Å². The second-order valence-corrected chi connectivity index (χ2v) is 12.2. The predicted molar refractivity (Wildman–Crippen MR) is 179 cm³/mol. The standard InChI is InChI=1S/C35H36F3N9O3/c1-4-45-20-22(17-40-45)19-44-12-11-29(32-39-18-28(41-32)25-15-23-7-5-6-8-26(23)42-33(25)50-3)46(14-13-44)31(48)21-47-30-16-24(49-2)9-10-27(30)43-34(47)35(36,37)38/h5-10,15-18,20,29H,4,11-14,19,21H2,1-3H3,(H,39,41). The van der Waals surface area contributed by atoms with Gasteiger partial charge in [0.05, 0.1) is 60.5 Å². The maximum absolute atomic E-state index is 14.3. The van der Waals surface area contributed by atoms with Gasteiger partial charge in [0.1, 0.15) is 18.1 Å². The Labute approximate surface area is 285 Å². The maximum Gasteiger partial charge on any atom is 0.449 e. The number of pyridine rings is 1. The molecule has 1 saturated heterocycles. The number of ether oxygens (including phenoxy) is 2. The summed E-state index contributed by atoms with van der Waals surface area (Å²) in [6.45, 7) is 4.18. The molecule has 0 spiro atoms. The minimum atomic E-state index is -4.78. The Bertz CT molecular complexity index is 2160. The molecule has 5 heterocycles. The van der Waals surface area contributed by atoms with E-state index in [4.69, 9.17) is 14.5 Å². The van der Waals surface area contributed by atoms with Gasteiger partial charge < -0.3 is 23.9 Å². The Kier molecular flexibility index (Phi) is 8.90. The number of carbonyl (C=O) groups excluding carboxylic acids is 1. The lowest BCUT2D eigenvalue weighted by Crippen LogP contribution is -2.39. The zero-order valence-corrected chi connectivity index (χ0v) is 27.8. The highest BCUT2D eigenvalue weighted by molar-refractivity contribution is 5.85. The lowest BCUT2D eigenvalue weighted by Gasteiger charge is -2.29. The molecule has 2 aromatic carbocycles. The number of carbonyl (C=O) groups is 1. The Hall–Kier alpha value is -5.44. The van der Waals surface area contributed by atoms with Crippen LogP contribution in [0.15, 0.2) is 67.1 Å². The molecule has 0 bridgehead atoms. The number of imidazole rings is 2.